The Morgan fingerprint density at radius 3 is 1.73 bits per heavy atom. The summed E-state index contributed by atoms with van der Waals surface area (Å²) >= 11 is 0. The summed E-state index contributed by atoms with van der Waals surface area (Å²) in [5.41, 5.74) is 2.30. The zero-order valence-electron chi connectivity index (χ0n) is 23.8. The van der Waals surface area contributed by atoms with Crippen molar-refractivity contribution in [3.63, 3.8) is 0 Å². The summed E-state index contributed by atoms with van der Waals surface area (Å²) in [7, 11) is 5.30. The summed E-state index contributed by atoms with van der Waals surface area (Å²) in [5, 5.41) is 0. The molecule has 1 fully saturated rings. The number of rotatable bonds is 14. The first kappa shape index (κ1) is 29.5. The minimum absolute atomic E-state index is 0.0355. The molecule has 4 rings (SSSR count). The Morgan fingerprint density at radius 1 is 0.700 bits per heavy atom. The highest BCUT2D eigenvalue weighted by molar-refractivity contribution is 7.89. The average Bonchev–Trinajstić information content (AvgIpc) is 3.76. The van der Waals surface area contributed by atoms with Crippen LogP contribution in [0.25, 0.3) is 0 Å². The van der Waals surface area contributed by atoms with Gasteiger partial charge in [0, 0.05) is 50.1 Å². The number of hydrogen-bond acceptors (Lipinski definition) is 8. The van der Waals surface area contributed by atoms with Gasteiger partial charge < -0.3 is 28.4 Å². The van der Waals surface area contributed by atoms with Crippen LogP contribution in [0, 0.1) is 5.92 Å². The van der Waals surface area contributed by atoms with Gasteiger partial charge in [-0.05, 0) is 48.1 Å². The standard InChI is InChI=1S/C30H37NO8S/c1-34-19-23-13-26(23)20-9-12-27(37-4)30(14-20)40(32,33)31(17-21-7-10-24(35-2)15-28(21)38-5)18-22-8-11-25(36-3)16-29(22)39-6/h7-12,14-16,23,26H,13,17-19H2,1-6H3. The molecular formula is C30H37NO8S. The van der Waals surface area contributed by atoms with Crippen molar-refractivity contribution in [2.75, 3.05) is 49.3 Å². The quantitative estimate of drug-likeness (QED) is 0.271. The number of benzene rings is 3. The molecule has 1 saturated carbocycles. The highest BCUT2D eigenvalue weighted by atomic mass is 32.2. The first-order valence-electron chi connectivity index (χ1n) is 12.9. The summed E-state index contributed by atoms with van der Waals surface area (Å²) in [6, 6.07) is 16.0. The van der Waals surface area contributed by atoms with Crippen molar-refractivity contribution < 1.29 is 36.8 Å². The Hall–Kier alpha value is -3.47. The summed E-state index contributed by atoms with van der Waals surface area (Å²) in [6.07, 6.45) is 0.954. The van der Waals surface area contributed by atoms with Crippen LogP contribution in [0.15, 0.2) is 59.5 Å². The Balaban J connectivity index is 1.79. The van der Waals surface area contributed by atoms with E-state index in [4.69, 9.17) is 28.4 Å². The minimum Gasteiger partial charge on any atom is -0.497 e. The molecule has 0 spiro atoms. The lowest BCUT2D eigenvalue weighted by Gasteiger charge is -2.25. The smallest absolute Gasteiger partial charge is 0.247 e. The van der Waals surface area contributed by atoms with E-state index in [2.05, 4.69) is 0 Å². The summed E-state index contributed by atoms with van der Waals surface area (Å²) in [5.74, 6) is 3.15. The topological polar surface area (TPSA) is 92.8 Å². The number of ether oxygens (including phenoxy) is 6. The van der Waals surface area contributed by atoms with Crippen LogP contribution in [0.1, 0.15) is 29.0 Å². The highest BCUT2D eigenvalue weighted by Crippen LogP contribution is 2.49. The second-order valence-electron chi connectivity index (χ2n) is 9.60. The normalized spacial score (nSPS) is 16.5. The van der Waals surface area contributed by atoms with Gasteiger partial charge in [0.2, 0.25) is 10.0 Å². The third-order valence-electron chi connectivity index (χ3n) is 7.22. The first-order valence-corrected chi connectivity index (χ1v) is 14.3. The van der Waals surface area contributed by atoms with Gasteiger partial charge in [0.05, 0.1) is 35.5 Å². The van der Waals surface area contributed by atoms with Crippen LogP contribution in [-0.2, 0) is 27.8 Å². The van der Waals surface area contributed by atoms with Crippen LogP contribution in [0.4, 0.5) is 0 Å². The van der Waals surface area contributed by atoms with E-state index in [0.717, 1.165) is 12.0 Å². The van der Waals surface area contributed by atoms with Crippen LogP contribution in [-0.4, -0.2) is 62.0 Å². The van der Waals surface area contributed by atoms with Crippen molar-refractivity contribution >= 4 is 10.0 Å². The lowest BCUT2D eigenvalue weighted by molar-refractivity contribution is 0.184. The molecule has 0 aliphatic heterocycles. The third-order valence-corrected chi connectivity index (χ3v) is 9.03. The molecule has 40 heavy (non-hydrogen) atoms. The van der Waals surface area contributed by atoms with Gasteiger partial charge in [-0.3, -0.25) is 0 Å². The lowest BCUT2D eigenvalue weighted by Crippen LogP contribution is -2.31. The molecule has 0 heterocycles. The van der Waals surface area contributed by atoms with E-state index in [9.17, 15) is 8.42 Å². The van der Waals surface area contributed by atoms with E-state index >= 15 is 0 Å². The molecule has 2 atom stereocenters. The predicted octanol–water partition coefficient (Wildman–Crippen LogP) is 4.87. The molecule has 0 bridgehead atoms. The molecule has 3 aromatic rings. The van der Waals surface area contributed by atoms with Gasteiger partial charge in [-0.15, -0.1) is 0 Å². The number of methoxy groups -OCH3 is 6. The second kappa shape index (κ2) is 12.8. The fourth-order valence-corrected chi connectivity index (χ4v) is 6.48. The highest BCUT2D eigenvalue weighted by Gasteiger charge is 2.39. The van der Waals surface area contributed by atoms with Gasteiger partial charge in [-0.1, -0.05) is 18.2 Å². The number of nitrogens with zero attached hydrogens (tertiary/aromatic N) is 1. The van der Waals surface area contributed by atoms with E-state index < -0.39 is 10.0 Å². The Kier molecular flexibility index (Phi) is 9.44. The van der Waals surface area contributed by atoms with Crippen LogP contribution in [0.2, 0.25) is 0 Å². The van der Waals surface area contributed by atoms with Crippen LogP contribution < -0.4 is 23.7 Å². The zero-order valence-corrected chi connectivity index (χ0v) is 24.6. The van der Waals surface area contributed by atoms with Crippen molar-refractivity contribution in [2.24, 2.45) is 5.92 Å². The van der Waals surface area contributed by atoms with E-state index in [1.807, 2.05) is 6.07 Å². The Bertz CT molecular complexity index is 1370. The number of sulfonamides is 1. The van der Waals surface area contributed by atoms with Gasteiger partial charge >= 0.3 is 0 Å². The zero-order chi connectivity index (χ0) is 28.9. The van der Waals surface area contributed by atoms with Gasteiger partial charge in [-0.2, -0.15) is 4.31 Å². The monoisotopic (exact) mass is 571 g/mol. The summed E-state index contributed by atoms with van der Waals surface area (Å²) < 4.78 is 63.0. The van der Waals surface area contributed by atoms with Crippen molar-refractivity contribution in [1.82, 2.24) is 4.31 Å². The second-order valence-corrected chi connectivity index (χ2v) is 11.5. The first-order chi connectivity index (χ1) is 19.3. The van der Waals surface area contributed by atoms with E-state index in [1.54, 1.807) is 84.1 Å². The molecule has 3 aromatic carbocycles. The fourth-order valence-electron chi connectivity index (χ4n) is 4.89. The van der Waals surface area contributed by atoms with Crippen molar-refractivity contribution in [3.05, 3.63) is 71.3 Å². The maximum absolute atomic E-state index is 14.5. The molecule has 1 aliphatic carbocycles. The molecule has 216 valence electrons. The van der Waals surface area contributed by atoms with Crippen LogP contribution >= 0.6 is 0 Å². The summed E-state index contributed by atoms with van der Waals surface area (Å²) in [6.45, 7) is 0.709. The van der Waals surface area contributed by atoms with E-state index in [1.165, 1.54) is 11.4 Å². The third kappa shape index (κ3) is 6.29. The van der Waals surface area contributed by atoms with Crippen molar-refractivity contribution in [3.8, 4) is 28.7 Å². The summed E-state index contributed by atoms with van der Waals surface area (Å²) in [4.78, 5) is 0.107. The van der Waals surface area contributed by atoms with Gasteiger partial charge in [0.1, 0.15) is 33.6 Å². The maximum Gasteiger partial charge on any atom is 0.247 e. The molecule has 0 saturated heterocycles. The van der Waals surface area contributed by atoms with E-state index in [0.29, 0.717) is 46.6 Å². The lowest BCUT2D eigenvalue weighted by atomic mass is 10.1. The minimum atomic E-state index is -4.08. The Morgan fingerprint density at radius 2 is 1.25 bits per heavy atom. The van der Waals surface area contributed by atoms with Gasteiger partial charge in [0.25, 0.3) is 0 Å². The molecule has 0 amide bonds. The maximum atomic E-state index is 14.5. The molecule has 1 aliphatic rings. The molecule has 9 nitrogen and oxygen atoms in total. The van der Waals surface area contributed by atoms with E-state index in [-0.39, 0.29) is 29.7 Å². The fraction of sp³-hybridized carbons (Fsp3) is 0.400. The Labute approximate surface area is 236 Å². The van der Waals surface area contributed by atoms with Gasteiger partial charge in [-0.25, -0.2) is 8.42 Å². The average molecular weight is 572 g/mol. The molecule has 10 heteroatoms. The van der Waals surface area contributed by atoms with Gasteiger partial charge in [0.15, 0.2) is 0 Å². The molecular weight excluding hydrogens is 534 g/mol. The molecule has 0 aromatic heterocycles. The SMILES string of the molecule is COCC1CC1c1ccc(OC)c(S(=O)(=O)N(Cc2ccc(OC)cc2OC)Cc2ccc(OC)cc2OC)c1. The predicted molar refractivity (Wildman–Crippen MR) is 151 cm³/mol. The number of hydrogen-bond donors (Lipinski definition) is 0. The molecule has 2 unspecified atom stereocenters. The van der Waals surface area contributed by atoms with Crippen LogP contribution in [0.3, 0.4) is 0 Å². The molecule has 0 radical (unpaired) electrons. The van der Waals surface area contributed by atoms with Crippen molar-refractivity contribution in [1.29, 1.82) is 0 Å². The molecule has 0 N–H and O–H groups in total. The van der Waals surface area contributed by atoms with Crippen molar-refractivity contribution in [2.45, 2.75) is 30.3 Å². The largest absolute Gasteiger partial charge is 0.497 e. The van der Waals surface area contributed by atoms with Crippen LogP contribution in [0.5, 0.6) is 28.7 Å².